The molecule has 0 radical (unpaired) electrons. The fourth-order valence-electron chi connectivity index (χ4n) is 0.986. The second-order valence-electron chi connectivity index (χ2n) is 3.34. The van der Waals surface area contributed by atoms with Crippen LogP contribution in [-0.4, -0.2) is 28.8 Å². The molecule has 0 fully saturated rings. The number of Topliss-reactive ketones (excluding diaryl/α,β-unsaturated/α-hetero) is 1. The van der Waals surface area contributed by atoms with Crippen LogP contribution in [0.15, 0.2) is 0 Å². The van der Waals surface area contributed by atoms with Crippen LogP contribution in [0, 0.1) is 5.92 Å². The molecule has 0 spiro atoms. The number of carbonyl (C=O) groups excluding carboxylic acids is 2. The second kappa shape index (κ2) is 5.36. The third-order valence-electron chi connectivity index (χ3n) is 1.96. The molecule has 0 aliphatic rings. The lowest BCUT2D eigenvalue weighted by Gasteiger charge is -2.15. The van der Waals surface area contributed by atoms with Crippen LogP contribution in [0.5, 0.6) is 0 Å². The first-order chi connectivity index (χ1) is 6.34. The zero-order valence-corrected chi connectivity index (χ0v) is 8.53. The molecule has 0 aliphatic heterocycles. The van der Waals surface area contributed by atoms with Gasteiger partial charge in [-0.15, -0.1) is 0 Å². The Morgan fingerprint density at radius 3 is 2.07 bits per heavy atom. The zero-order chi connectivity index (χ0) is 11.3. The van der Waals surface area contributed by atoms with Crippen LogP contribution >= 0.6 is 0 Å². The first-order valence-corrected chi connectivity index (χ1v) is 4.35. The van der Waals surface area contributed by atoms with Crippen molar-refractivity contribution >= 4 is 17.7 Å². The van der Waals surface area contributed by atoms with Gasteiger partial charge in [-0.1, -0.05) is 6.92 Å². The molecule has 0 aromatic carbocycles. The van der Waals surface area contributed by atoms with Gasteiger partial charge < -0.3 is 10.4 Å². The van der Waals surface area contributed by atoms with Crippen molar-refractivity contribution in [2.24, 2.45) is 5.92 Å². The van der Waals surface area contributed by atoms with E-state index in [4.69, 9.17) is 5.11 Å². The van der Waals surface area contributed by atoms with E-state index in [2.05, 4.69) is 5.32 Å². The molecule has 0 saturated heterocycles. The molecule has 80 valence electrons. The minimum Gasteiger partial charge on any atom is -0.480 e. The van der Waals surface area contributed by atoms with Crippen LogP contribution in [-0.2, 0) is 14.4 Å². The summed E-state index contributed by atoms with van der Waals surface area (Å²) < 4.78 is 0. The van der Waals surface area contributed by atoms with Gasteiger partial charge in [0, 0.05) is 12.8 Å². The minimum absolute atomic E-state index is 0.0818. The maximum Gasteiger partial charge on any atom is 0.326 e. The van der Waals surface area contributed by atoms with Crippen molar-refractivity contribution in [2.75, 3.05) is 0 Å². The van der Waals surface area contributed by atoms with Crippen molar-refractivity contribution in [3.63, 3.8) is 0 Å². The summed E-state index contributed by atoms with van der Waals surface area (Å²) in [6.07, 6.45) is 0.129. The largest absolute Gasteiger partial charge is 0.480 e. The SMILES string of the molecule is CC(=O)N[C@@H](C[C@@H](C)C(C)=O)C(=O)O. The molecule has 1 amide bonds. The summed E-state index contributed by atoms with van der Waals surface area (Å²) in [5, 5.41) is 11.0. The monoisotopic (exact) mass is 201 g/mol. The third-order valence-corrected chi connectivity index (χ3v) is 1.96. The maximum absolute atomic E-state index is 10.9. The molecule has 0 bridgehead atoms. The van der Waals surface area contributed by atoms with E-state index in [1.165, 1.54) is 13.8 Å². The second-order valence-corrected chi connectivity index (χ2v) is 3.34. The number of hydrogen-bond acceptors (Lipinski definition) is 3. The number of hydrogen-bond donors (Lipinski definition) is 2. The number of carboxylic acids is 1. The van der Waals surface area contributed by atoms with Crippen molar-refractivity contribution < 1.29 is 19.5 Å². The van der Waals surface area contributed by atoms with E-state index in [-0.39, 0.29) is 18.1 Å². The normalized spacial score (nSPS) is 14.2. The van der Waals surface area contributed by atoms with Gasteiger partial charge in [-0.2, -0.15) is 0 Å². The molecule has 5 heteroatoms. The van der Waals surface area contributed by atoms with E-state index in [0.29, 0.717) is 0 Å². The van der Waals surface area contributed by atoms with Gasteiger partial charge >= 0.3 is 5.97 Å². The lowest BCUT2D eigenvalue weighted by atomic mass is 9.98. The summed E-state index contributed by atoms with van der Waals surface area (Å²) in [5.41, 5.74) is 0. The van der Waals surface area contributed by atoms with Crippen LogP contribution in [0.1, 0.15) is 27.2 Å². The number of nitrogens with one attached hydrogen (secondary N) is 1. The Morgan fingerprint density at radius 1 is 1.29 bits per heavy atom. The van der Waals surface area contributed by atoms with Crippen molar-refractivity contribution in [1.29, 1.82) is 0 Å². The standard InChI is InChI=1S/C9H15NO4/c1-5(6(2)11)4-8(9(13)14)10-7(3)12/h5,8H,4H2,1-3H3,(H,10,12)(H,13,14)/t5-,8+/m1/s1. The van der Waals surface area contributed by atoms with Crippen molar-refractivity contribution in [3.05, 3.63) is 0 Å². The molecule has 14 heavy (non-hydrogen) atoms. The first-order valence-electron chi connectivity index (χ1n) is 4.35. The van der Waals surface area contributed by atoms with E-state index < -0.39 is 17.9 Å². The summed E-state index contributed by atoms with van der Waals surface area (Å²) in [7, 11) is 0. The van der Waals surface area contributed by atoms with Gasteiger partial charge in [-0.25, -0.2) is 4.79 Å². The van der Waals surface area contributed by atoms with Crippen LogP contribution in [0.4, 0.5) is 0 Å². The van der Waals surface area contributed by atoms with Crippen molar-refractivity contribution in [2.45, 2.75) is 33.2 Å². The summed E-state index contributed by atoms with van der Waals surface area (Å²) >= 11 is 0. The highest BCUT2D eigenvalue weighted by molar-refractivity contribution is 5.83. The van der Waals surface area contributed by atoms with E-state index in [1.807, 2.05) is 0 Å². The highest BCUT2D eigenvalue weighted by Crippen LogP contribution is 2.07. The van der Waals surface area contributed by atoms with Gasteiger partial charge in [0.2, 0.25) is 5.91 Å². The maximum atomic E-state index is 10.9. The number of aliphatic carboxylic acids is 1. The summed E-state index contributed by atoms with van der Waals surface area (Å²) in [5.74, 6) is -1.97. The lowest BCUT2D eigenvalue weighted by molar-refractivity contribution is -0.142. The highest BCUT2D eigenvalue weighted by atomic mass is 16.4. The lowest BCUT2D eigenvalue weighted by Crippen LogP contribution is -2.41. The molecular formula is C9H15NO4. The molecule has 2 atom stereocenters. The molecule has 0 aromatic heterocycles. The molecule has 0 saturated carbocycles. The predicted molar refractivity (Wildman–Crippen MR) is 49.7 cm³/mol. The molecule has 0 rings (SSSR count). The average molecular weight is 201 g/mol. The fourth-order valence-corrected chi connectivity index (χ4v) is 0.986. The number of amides is 1. The van der Waals surface area contributed by atoms with E-state index in [0.717, 1.165) is 0 Å². The molecule has 0 unspecified atom stereocenters. The van der Waals surface area contributed by atoms with E-state index in [9.17, 15) is 14.4 Å². The molecule has 0 heterocycles. The number of rotatable bonds is 5. The molecule has 0 aromatic rings. The van der Waals surface area contributed by atoms with Crippen LogP contribution in [0.25, 0.3) is 0 Å². The zero-order valence-electron chi connectivity index (χ0n) is 8.53. The number of carboxylic acid groups (broad SMARTS) is 1. The van der Waals surface area contributed by atoms with Gasteiger partial charge in [0.05, 0.1) is 0 Å². The van der Waals surface area contributed by atoms with E-state index in [1.54, 1.807) is 6.92 Å². The highest BCUT2D eigenvalue weighted by Gasteiger charge is 2.22. The quantitative estimate of drug-likeness (QED) is 0.665. The fraction of sp³-hybridized carbons (Fsp3) is 0.667. The number of carbonyl (C=O) groups is 3. The Morgan fingerprint density at radius 2 is 1.79 bits per heavy atom. The smallest absolute Gasteiger partial charge is 0.326 e. The summed E-state index contributed by atoms with van der Waals surface area (Å²) in [6.45, 7) is 4.28. The predicted octanol–water partition coefficient (Wildman–Crippen LogP) is 0.191. The molecular weight excluding hydrogens is 186 g/mol. The Bertz CT molecular complexity index is 249. The molecule has 5 nitrogen and oxygen atoms in total. The van der Waals surface area contributed by atoms with E-state index >= 15 is 0 Å². The van der Waals surface area contributed by atoms with Gasteiger partial charge in [0.25, 0.3) is 0 Å². The summed E-state index contributed by atoms with van der Waals surface area (Å²) in [4.78, 5) is 32.2. The first kappa shape index (κ1) is 12.6. The Balaban J connectivity index is 4.30. The third kappa shape index (κ3) is 4.59. The van der Waals surface area contributed by atoms with Crippen molar-refractivity contribution in [3.8, 4) is 0 Å². The van der Waals surface area contributed by atoms with Crippen molar-refractivity contribution in [1.82, 2.24) is 5.32 Å². The Labute approximate surface area is 82.5 Å². The number of ketones is 1. The Kier molecular flexibility index (Phi) is 4.83. The van der Waals surface area contributed by atoms with Crippen LogP contribution < -0.4 is 5.32 Å². The van der Waals surface area contributed by atoms with Crippen LogP contribution in [0.2, 0.25) is 0 Å². The Hall–Kier alpha value is -1.39. The summed E-state index contributed by atoms with van der Waals surface area (Å²) in [6, 6.07) is -0.980. The molecule has 0 aliphatic carbocycles. The topological polar surface area (TPSA) is 83.5 Å². The van der Waals surface area contributed by atoms with Gasteiger partial charge in [0.15, 0.2) is 0 Å². The van der Waals surface area contributed by atoms with Gasteiger partial charge in [0.1, 0.15) is 11.8 Å². The average Bonchev–Trinajstić information content (AvgIpc) is 2.01. The minimum atomic E-state index is -1.12. The van der Waals surface area contributed by atoms with Gasteiger partial charge in [-0.05, 0) is 13.3 Å². The molecule has 2 N–H and O–H groups in total. The van der Waals surface area contributed by atoms with Crippen LogP contribution in [0.3, 0.4) is 0 Å². The van der Waals surface area contributed by atoms with Gasteiger partial charge in [-0.3, -0.25) is 9.59 Å².